The van der Waals surface area contributed by atoms with Gasteiger partial charge in [0.05, 0.1) is 17.6 Å². The first kappa shape index (κ1) is 19.7. The Morgan fingerprint density at radius 1 is 1.38 bits per heavy atom. The SMILES string of the molecule is Cn1c(COC(=O)N2CCC[C@H]2C(=O)NC[C@@H]2CC(Br)=NO2)nc2ccccc21. The maximum atomic E-state index is 12.6. The number of hydrogen-bond acceptors (Lipinski definition) is 6. The number of nitrogens with one attached hydrogen (secondary N) is 1. The van der Waals surface area contributed by atoms with Gasteiger partial charge in [-0.15, -0.1) is 0 Å². The van der Waals surface area contributed by atoms with Crippen molar-refractivity contribution in [2.45, 2.75) is 38.0 Å². The molecular formula is C19H22BrN5O4. The van der Waals surface area contributed by atoms with Crippen LogP contribution in [0.4, 0.5) is 4.79 Å². The summed E-state index contributed by atoms with van der Waals surface area (Å²) in [5, 5.41) is 6.65. The van der Waals surface area contributed by atoms with Crippen LogP contribution in [0.25, 0.3) is 11.0 Å². The molecule has 1 saturated heterocycles. The van der Waals surface area contributed by atoms with E-state index in [2.05, 4.69) is 31.4 Å². The normalized spacial score (nSPS) is 21.2. The quantitative estimate of drug-likeness (QED) is 0.733. The summed E-state index contributed by atoms with van der Waals surface area (Å²) in [6.45, 7) is 0.890. The summed E-state index contributed by atoms with van der Waals surface area (Å²) in [6, 6.07) is 7.20. The van der Waals surface area contributed by atoms with E-state index in [0.717, 1.165) is 22.1 Å². The molecule has 1 aromatic heterocycles. The number of oxime groups is 1. The molecule has 2 aliphatic heterocycles. The third-order valence-corrected chi connectivity index (χ3v) is 5.66. The number of ether oxygens (including phenoxy) is 1. The third kappa shape index (κ3) is 4.21. The maximum absolute atomic E-state index is 12.6. The molecule has 0 bridgehead atoms. The number of benzene rings is 1. The fourth-order valence-electron chi connectivity index (χ4n) is 3.63. The highest BCUT2D eigenvalue weighted by atomic mass is 79.9. The number of carbonyl (C=O) groups excluding carboxylic acids is 2. The van der Waals surface area contributed by atoms with Crippen LogP contribution in [0.5, 0.6) is 0 Å². The lowest BCUT2D eigenvalue weighted by molar-refractivity contribution is -0.125. The first-order chi connectivity index (χ1) is 14.0. The van der Waals surface area contributed by atoms with Gasteiger partial charge in [0, 0.05) is 20.0 Å². The van der Waals surface area contributed by atoms with Crippen molar-refractivity contribution in [1.82, 2.24) is 19.8 Å². The summed E-state index contributed by atoms with van der Waals surface area (Å²) >= 11 is 3.27. The van der Waals surface area contributed by atoms with E-state index in [0.29, 0.717) is 31.8 Å². The highest BCUT2D eigenvalue weighted by molar-refractivity contribution is 9.18. The van der Waals surface area contributed by atoms with Crippen LogP contribution in [0, 0.1) is 0 Å². The summed E-state index contributed by atoms with van der Waals surface area (Å²) < 4.78 is 8.10. The van der Waals surface area contributed by atoms with Crippen molar-refractivity contribution in [2.75, 3.05) is 13.1 Å². The van der Waals surface area contributed by atoms with E-state index in [9.17, 15) is 9.59 Å². The number of hydrogen-bond donors (Lipinski definition) is 1. The number of carbonyl (C=O) groups is 2. The van der Waals surface area contributed by atoms with Crippen LogP contribution in [-0.2, 0) is 28.0 Å². The molecule has 2 aromatic rings. The molecule has 0 radical (unpaired) electrons. The lowest BCUT2D eigenvalue weighted by Gasteiger charge is -2.23. The van der Waals surface area contributed by atoms with Gasteiger partial charge in [0.1, 0.15) is 16.5 Å². The molecule has 1 fully saturated rings. The zero-order chi connectivity index (χ0) is 20.4. The lowest BCUT2D eigenvalue weighted by atomic mass is 10.2. The molecule has 0 spiro atoms. The largest absolute Gasteiger partial charge is 0.441 e. The van der Waals surface area contributed by atoms with Gasteiger partial charge in [0.15, 0.2) is 12.7 Å². The Morgan fingerprint density at radius 2 is 2.21 bits per heavy atom. The van der Waals surface area contributed by atoms with E-state index in [4.69, 9.17) is 9.57 Å². The van der Waals surface area contributed by atoms with E-state index in [1.54, 1.807) is 0 Å². The van der Waals surface area contributed by atoms with Gasteiger partial charge in [0.2, 0.25) is 5.91 Å². The molecule has 1 N–H and O–H groups in total. The minimum Gasteiger partial charge on any atom is -0.441 e. The van der Waals surface area contributed by atoms with E-state index >= 15 is 0 Å². The van der Waals surface area contributed by atoms with Gasteiger partial charge in [-0.25, -0.2) is 9.78 Å². The Kier molecular flexibility index (Phi) is 5.70. The third-order valence-electron chi connectivity index (χ3n) is 5.20. The molecule has 2 atom stereocenters. The molecule has 0 saturated carbocycles. The Balaban J connectivity index is 1.32. The monoisotopic (exact) mass is 463 g/mol. The van der Waals surface area contributed by atoms with Gasteiger partial charge >= 0.3 is 6.09 Å². The predicted octanol–water partition coefficient (Wildman–Crippen LogP) is 2.29. The minimum atomic E-state index is -0.534. The van der Waals surface area contributed by atoms with Crippen LogP contribution in [0.1, 0.15) is 25.1 Å². The standard InChI is InChI=1S/C19H22BrN5O4/c1-24-14-6-3-2-5-13(14)22-17(24)11-28-19(27)25-8-4-7-15(25)18(26)21-10-12-9-16(20)23-29-12/h2-3,5-6,12,15H,4,7-11H2,1H3,(H,21,26)/t12-,15-/m0/s1. The van der Waals surface area contributed by atoms with E-state index < -0.39 is 12.1 Å². The molecule has 10 heteroatoms. The van der Waals surface area contributed by atoms with Crippen molar-refractivity contribution in [3.8, 4) is 0 Å². The molecule has 2 aliphatic rings. The van der Waals surface area contributed by atoms with Crippen molar-refractivity contribution < 1.29 is 19.2 Å². The number of amides is 2. The van der Waals surface area contributed by atoms with Crippen LogP contribution in [-0.4, -0.2) is 56.3 Å². The number of imidazole rings is 1. The second-order valence-electron chi connectivity index (χ2n) is 7.13. The van der Waals surface area contributed by atoms with Crippen LogP contribution in [0.3, 0.4) is 0 Å². The number of nitrogens with zero attached hydrogens (tertiary/aromatic N) is 4. The van der Waals surface area contributed by atoms with Crippen molar-refractivity contribution >= 4 is 43.6 Å². The number of para-hydroxylation sites is 2. The van der Waals surface area contributed by atoms with Gasteiger partial charge in [-0.3, -0.25) is 9.69 Å². The summed E-state index contributed by atoms with van der Waals surface area (Å²) in [6.07, 6.45) is 1.30. The summed E-state index contributed by atoms with van der Waals surface area (Å²) in [7, 11) is 1.89. The van der Waals surface area contributed by atoms with Crippen molar-refractivity contribution in [2.24, 2.45) is 12.2 Å². The highest BCUT2D eigenvalue weighted by Gasteiger charge is 2.35. The lowest BCUT2D eigenvalue weighted by Crippen LogP contribution is -2.47. The van der Waals surface area contributed by atoms with Crippen molar-refractivity contribution in [1.29, 1.82) is 0 Å². The zero-order valence-electron chi connectivity index (χ0n) is 16.0. The molecule has 2 amide bonds. The molecule has 0 aliphatic carbocycles. The Bertz CT molecular complexity index is 959. The van der Waals surface area contributed by atoms with Crippen LogP contribution >= 0.6 is 15.9 Å². The summed E-state index contributed by atoms with van der Waals surface area (Å²) in [5.41, 5.74) is 1.82. The van der Waals surface area contributed by atoms with Gasteiger partial charge in [-0.2, -0.15) is 0 Å². The summed E-state index contributed by atoms with van der Waals surface area (Å²) in [4.78, 5) is 36.3. The van der Waals surface area contributed by atoms with Crippen LogP contribution < -0.4 is 5.32 Å². The van der Waals surface area contributed by atoms with Gasteiger partial charge in [-0.05, 0) is 40.9 Å². The molecule has 154 valence electrons. The Morgan fingerprint density at radius 3 is 2.97 bits per heavy atom. The number of fused-ring (bicyclic) bond motifs is 1. The van der Waals surface area contributed by atoms with Crippen molar-refractivity contribution in [3.05, 3.63) is 30.1 Å². The molecule has 29 heavy (non-hydrogen) atoms. The molecule has 3 heterocycles. The van der Waals surface area contributed by atoms with Crippen LogP contribution in [0.2, 0.25) is 0 Å². The maximum Gasteiger partial charge on any atom is 0.410 e. The Labute approximate surface area is 176 Å². The fraction of sp³-hybridized carbons (Fsp3) is 0.474. The average molecular weight is 464 g/mol. The summed E-state index contributed by atoms with van der Waals surface area (Å²) in [5.74, 6) is 0.456. The number of rotatable bonds is 5. The Hall–Kier alpha value is -2.62. The minimum absolute atomic E-state index is 0.0517. The number of halogens is 1. The smallest absolute Gasteiger partial charge is 0.410 e. The van der Waals surface area contributed by atoms with Gasteiger partial charge < -0.3 is 19.5 Å². The molecule has 0 unspecified atom stereocenters. The zero-order valence-corrected chi connectivity index (χ0v) is 17.6. The molecule has 9 nitrogen and oxygen atoms in total. The van der Waals surface area contributed by atoms with Gasteiger partial charge in [0.25, 0.3) is 0 Å². The number of aromatic nitrogens is 2. The van der Waals surface area contributed by atoms with Crippen LogP contribution in [0.15, 0.2) is 29.4 Å². The molecule has 1 aromatic carbocycles. The van der Waals surface area contributed by atoms with E-state index in [-0.39, 0.29) is 18.6 Å². The van der Waals surface area contributed by atoms with Crippen molar-refractivity contribution in [3.63, 3.8) is 0 Å². The average Bonchev–Trinajstić information content (AvgIpc) is 3.44. The topological polar surface area (TPSA) is 98.1 Å². The number of likely N-dealkylation sites (tertiary alicyclic amines) is 1. The van der Waals surface area contributed by atoms with E-state index in [1.807, 2.05) is 35.9 Å². The number of aryl methyl sites for hydroxylation is 1. The second-order valence-corrected chi connectivity index (χ2v) is 8.04. The van der Waals surface area contributed by atoms with E-state index in [1.165, 1.54) is 4.90 Å². The first-order valence-electron chi connectivity index (χ1n) is 9.52. The van der Waals surface area contributed by atoms with Gasteiger partial charge in [-0.1, -0.05) is 17.3 Å². The molecular weight excluding hydrogens is 442 g/mol. The predicted molar refractivity (Wildman–Crippen MR) is 109 cm³/mol. The molecule has 4 rings (SSSR count). The first-order valence-corrected chi connectivity index (χ1v) is 10.3. The highest BCUT2D eigenvalue weighted by Crippen LogP contribution is 2.20. The fourth-order valence-corrected chi connectivity index (χ4v) is 4.07. The second kappa shape index (κ2) is 8.40.